The van der Waals surface area contributed by atoms with Crippen LogP contribution in [0.2, 0.25) is 0 Å². The number of carbonyl (C=O) groups is 1. The number of hydrogen-bond acceptors (Lipinski definition) is 2. The second-order valence-corrected chi connectivity index (χ2v) is 2.18. The lowest BCUT2D eigenvalue weighted by Crippen LogP contribution is -2.01. The van der Waals surface area contributed by atoms with Gasteiger partial charge in [-0.25, -0.2) is 9.48 Å². The van der Waals surface area contributed by atoms with Crippen LogP contribution in [0.1, 0.15) is 16.1 Å². The SMILES string of the molecule is Cc1nn(C)c(F)c1C(=O)O.Cl. The van der Waals surface area contributed by atoms with Crippen LogP contribution in [0.5, 0.6) is 0 Å². The molecule has 0 atom stereocenters. The molecule has 1 aromatic rings. The molecule has 6 heteroatoms. The zero-order valence-electron chi connectivity index (χ0n) is 6.54. The maximum absolute atomic E-state index is 12.8. The first-order valence-electron chi connectivity index (χ1n) is 2.96. The Hall–Kier alpha value is -1.10. The molecule has 1 aromatic heterocycles. The van der Waals surface area contributed by atoms with E-state index in [2.05, 4.69) is 5.10 Å². The first-order valence-corrected chi connectivity index (χ1v) is 2.96. The minimum absolute atomic E-state index is 0. The van der Waals surface area contributed by atoms with Crippen LogP contribution in [-0.2, 0) is 7.05 Å². The van der Waals surface area contributed by atoms with E-state index in [0.29, 0.717) is 0 Å². The molecule has 1 rings (SSSR count). The Morgan fingerprint density at radius 3 is 2.33 bits per heavy atom. The molecule has 0 bridgehead atoms. The minimum atomic E-state index is -1.28. The highest BCUT2D eigenvalue weighted by molar-refractivity contribution is 5.88. The number of aromatic carboxylic acids is 1. The monoisotopic (exact) mass is 194 g/mol. The molecular formula is C6H8ClFN2O2. The van der Waals surface area contributed by atoms with Crippen molar-refractivity contribution in [1.82, 2.24) is 9.78 Å². The van der Waals surface area contributed by atoms with Crippen LogP contribution in [0.25, 0.3) is 0 Å². The molecule has 4 nitrogen and oxygen atoms in total. The number of halogens is 2. The van der Waals surface area contributed by atoms with E-state index in [4.69, 9.17) is 5.11 Å². The summed E-state index contributed by atoms with van der Waals surface area (Å²) in [5.41, 5.74) is -0.162. The number of hydrogen-bond donors (Lipinski definition) is 1. The van der Waals surface area contributed by atoms with Crippen LogP contribution in [0.15, 0.2) is 0 Å². The van der Waals surface area contributed by atoms with Gasteiger partial charge in [-0.3, -0.25) is 0 Å². The van der Waals surface area contributed by atoms with Gasteiger partial charge in [-0.15, -0.1) is 12.4 Å². The molecule has 0 amide bonds. The largest absolute Gasteiger partial charge is 0.477 e. The van der Waals surface area contributed by atoms with Gasteiger partial charge in [0.25, 0.3) is 0 Å². The first-order chi connectivity index (χ1) is 5.04. The highest BCUT2D eigenvalue weighted by atomic mass is 35.5. The Balaban J connectivity index is 0.00000121. The van der Waals surface area contributed by atoms with E-state index in [-0.39, 0.29) is 23.7 Å². The van der Waals surface area contributed by atoms with Gasteiger partial charge in [-0.1, -0.05) is 0 Å². The van der Waals surface area contributed by atoms with Gasteiger partial charge in [-0.05, 0) is 6.92 Å². The van der Waals surface area contributed by atoms with Crippen molar-refractivity contribution in [3.8, 4) is 0 Å². The Morgan fingerprint density at radius 1 is 1.67 bits per heavy atom. The molecule has 0 aliphatic carbocycles. The molecule has 0 saturated carbocycles. The summed E-state index contributed by atoms with van der Waals surface area (Å²) in [7, 11) is 1.36. The van der Waals surface area contributed by atoms with Crippen molar-refractivity contribution in [3.63, 3.8) is 0 Å². The molecule has 12 heavy (non-hydrogen) atoms. The Morgan fingerprint density at radius 2 is 2.17 bits per heavy atom. The van der Waals surface area contributed by atoms with Crippen LogP contribution in [-0.4, -0.2) is 20.9 Å². The van der Waals surface area contributed by atoms with Gasteiger partial charge >= 0.3 is 5.97 Å². The van der Waals surface area contributed by atoms with E-state index in [1.54, 1.807) is 0 Å². The molecular weight excluding hydrogens is 187 g/mol. The van der Waals surface area contributed by atoms with E-state index in [1.165, 1.54) is 14.0 Å². The summed E-state index contributed by atoms with van der Waals surface area (Å²) >= 11 is 0. The normalized spacial score (nSPS) is 9.25. The maximum atomic E-state index is 12.8. The van der Waals surface area contributed by atoms with Crippen LogP contribution < -0.4 is 0 Å². The minimum Gasteiger partial charge on any atom is -0.477 e. The van der Waals surface area contributed by atoms with Crippen molar-refractivity contribution in [3.05, 3.63) is 17.2 Å². The number of aryl methyl sites for hydroxylation is 2. The van der Waals surface area contributed by atoms with Crippen molar-refractivity contribution in [2.45, 2.75) is 6.92 Å². The van der Waals surface area contributed by atoms with E-state index in [1.807, 2.05) is 0 Å². The molecule has 0 saturated heterocycles. The third-order valence-electron chi connectivity index (χ3n) is 1.37. The lowest BCUT2D eigenvalue weighted by Gasteiger charge is -1.88. The highest BCUT2D eigenvalue weighted by Gasteiger charge is 2.18. The second-order valence-electron chi connectivity index (χ2n) is 2.18. The quantitative estimate of drug-likeness (QED) is 0.725. The maximum Gasteiger partial charge on any atom is 0.342 e. The molecule has 0 fully saturated rings. The molecule has 68 valence electrons. The predicted molar refractivity (Wildman–Crippen MR) is 42.1 cm³/mol. The van der Waals surface area contributed by atoms with Crippen LogP contribution in [0, 0.1) is 12.9 Å². The summed E-state index contributed by atoms with van der Waals surface area (Å²) in [5, 5.41) is 12.1. The Kier molecular flexibility index (Phi) is 3.21. The standard InChI is InChI=1S/C6H7FN2O2.ClH/c1-3-4(6(10)11)5(7)9(2)8-3;/h1-2H3,(H,10,11);1H. The van der Waals surface area contributed by atoms with Gasteiger partial charge in [0.15, 0.2) is 0 Å². The molecule has 1 N–H and O–H groups in total. The average Bonchev–Trinajstić information content (AvgIpc) is 2.07. The van der Waals surface area contributed by atoms with E-state index in [9.17, 15) is 9.18 Å². The second kappa shape index (κ2) is 3.53. The molecule has 0 aromatic carbocycles. The van der Waals surface area contributed by atoms with E-state index < -0.39 is 11.9 Å². The summed E-state index contributed by atoms with van der Waals surface area (Å²) in [5.74, 6) is -2.09. The predicted octanol–water partition coefficient (Wildman–Crippen LogP) is 0.988. The molecule has 1 heterocycles. The Labute approximate surface area is 74.4 Å². The first kappa shape index (κ1) is 10.9. The van der Waals surface area contributed by atoms with Crippen LogP contribution in [0.4, 0.5) is 4.39 Å². The number of aromatic nitrogens is 2. The fraction of sp³-hybridized carbons (Fsp3) is 0.333. The van der Waals surface area contributed by atoms with Crippen molar-refractivity contribution in [2.24, 2.45) is 7.05 Å². The van der Waals surface area contributed by atoms with Crippen molar-refractivity contribution in [2.75, 3.05) is 0 Å². The Bertz CT molecular complexity index is 311. The van der Waals surface area contributed by atoms with Gasteiger partial charge in [0.1, 0.15) is 5.56 Å². The van der Waals surface area contributed by atoms with Gasteiger partial charge < -0.3 is 5.11 Å². The van der Waals surface area contributed by atoms with E-state index >= 15 is 0 Å². The lowest BCUT2D eigenvalue weighted by molar-refractivity contribution is 0.0690. The summed E-state index contributed by atoms with van der Waals surface area (Å²) in [6.07, 6.45) is 0. The van der Waals surface area contributed by atoms with Crippen LogP contribution in [0.3, 0.4) is 0 Å². The van der Waals surface area contributed by atoms with E-state index in [0.717, 1.165) is 4.68 Å². The molecule has 0 aliphatic rings. The van der Waals surface area contributed by atoms with Gasteiger partial charge in [0.05, 0.1) is 5.69 Å². The average molecular weight is 195 g/mol. The van der Waals surface area contributed by atoms with Gasteiger partial charge in [0.2, 0.25) is 5.95 Å². The highest BCUT2D eigenvalue weighted by Crippen LogP contribution is 2.09. The zero-order valence-corrected chi connectivity index (χ0v) is 7.35. The van der Waals surface area contributed by atoms with Crippen molar-refractivity contribution < 1.29 is 14.3 Å². The zero-order chi connectivity index (χ0) is 8.59. The fourth-order valence-electron chi connectivity index (χ4n) is 0.873. The number of carboxylic acids is 1. The van der Waals surface area contributed by atoms with Gasteiger partial charge in [-0.2, -0.15) is 9.49 Å². The number of carboxylic acid groups (broad SMARTS) is 1. The molecule has 0 aliphatic heterocycles. The molecule has 0 spiro atoms. The third kappa shape index (κ3) is 1.55. The number of rotatable bonds is 1. The summed E-state index contributed by atoms with van der Waals surface area (Å²) in [4.78, 5) is 10.4. The van der Waals surface area contributed by atoms with Crippen molar-refractivity contribution >= 4 is 18.4 Å². The molecule has 0 radical (unpaired) electrons. The summed E-state index contributed by atoms with van der Waals surface area (Å²) < 4.78 is 13.7. The lowest BCUT2D eigenvalue weighted by atomic mass is 10.3. The fourth-order valence-corrected chi connectivity index (χ4v) is 0.873. The van der Waals surface area contributed by atoms with Crippen molar-refractivity contribution in [1.29, 1.82) is 0 Å². The summed E-state index contributed by atoms with van der Waals surface area (Å²) in [6, 6.07) is 0. The third-order valence-corrected chi connectivity index (χ3v) is 1.37. The van der Waals surface area contributed by atoms with Gasteiger partial charge in [0, 0.05) is 7.05 Å². The summed E-state index contributed by atoms with van der Waals surface area (Å²) in [6.45, 7) is 1.45. The number of nitrogens with zero attached hydrogens (tertiary/aromatic N) is 2. The topological polar surface area (TPSA) is 55.1 Å². The smallest absolute Gasteiger partial charge is 0.342 e. The van der Waals surface area contributed by atoms with Crippen LogP contribution >= 0.6 is 12.4 Å². The molecule has 0 unspecified atom stereocenters.